The summed E-state index contributed by atoms with van der Waals surface area (Å²) in [7, 11) is 0. The first-order valence-corrected chi connectivity index (χ1v) is 9.44. The molecule has 2 heterocycles. The molecule has 0 saturated carbocycles. The van der Waals surface area contributed by atoms with Crippen molar-refractivity contribution in [2.24, 2.45) is 0 Å². The van der Waals surface area contributed by atoms with E-state index in [1.807, 2.05) is 35.9 Å². The lowest BCUT2D eigenvalue weighted by Crippen LogP contribution is -2.17. The fraction of sp³-hybridized carbons (Fsp3) is 0.500. The van der Waals surface area contributed by atoms with E-state index < -0.39 is 0 Å². The van der Waals surface area contributed by atoms with Gasteiger partial charge in [0.1, 0.15) is 18.1 Å². The van der Waals surface area contributed by atoms with Gasteiger partial charge in [-0.25, -0.2) is 0 Å². The van der Waals surface area contributed by atoms with Gasteiger partial charge < -0.3 is 14.3 Å². The summed E-state index contributed by atoms with van der Waals surface area (Å²) in [5, 5.41) is 5.30. The summed E-state index contributed by atoms with van der Waals surface area (Å²) >= 11 is 6.19. The van der Waals surface area contributed by atoms with Gasteiger partial charge in [0.05, 0.1) is 18.3 Å². The van der Waals surface area contributed by atoms with Gasteiger partial charge in [0.2, 0.25) is 0 Å². The van der Waals surface area contributed by atoms with Crippen molar-refractivity contribution < 1.29 is 14.3 Å². The summed E-state index contributed by atoms with van der Waals surface area (Å²) in [6, 6.07) is 7.69. The van der Waals surface area contributed by atoms with Crippen LogP contribution in [0.15, 0.2) is 24.3 Å². The lowest BCUT2D eigenvalue weighted by Gasteiger charge is -2.15. The Kier molecular flexibility index (Phi) is 6.33. The van der Waals surface area contributed by atoms with Crippen molar-refractivity contribution in [1.82, 2.24) is 9.78 Å². The molecule has 5 nitrogen and oxygen atoms in total. The molecule has 2 aromatic rings. The zero-order valence-electron chi connectivity index (χ0n) is 15.3. The van der Waals surface area contributed by atoms with Crippen LogP contribution in [0, 0.1) is 6.92 Å². The van der Waals surface area contributed by atoms with Crippen molar-refractivity contribution in [3.8, 4) is 5.75 Å². The van der Waals surface area contributed by atoms with Gasteiger partial charge in [0.15, 0.2) is 0 Å². The zero-order valence-corrected chi connectivity index (χ0v) is 16.1. The normalized spacial score (nSPS) is 16.8. The molecule has 1 aliphatic heterocycles. The number of hydrogen-bond donors (Lipinski definition) is 0. The van der Waals surface area contributed by atoms with Gasteiger partial charge in [0, 0.05) is 29.3 Å². The minimum absolute atomic E-state index is 0.170. The van der Waals surface area contributed by atoms with Crippen LogP contribution in [0.4, 0.5) is 0 Å². The predicted octanol–water partition coefficient (Wildman–Crippen LogP) is 3.97. The van der Waals surface area contributed by atoms with Crippen molar-refractivity contribution in [2.75, 3.05) is 13.2 Å². The summed E-state index contributed by atoms with van der Waals surface area (Å²) in [5.74, 6) is 0.988. The maximum atomic E-state index is 11.2. The summed E-state index contributed by atoms with van der Waals surface area (Å²) in [6.45, 7) is 5.57. The summed E-state index contributed by atoms with van der Waals surface area (Å²) in [4.78, 5) is 11.2. The van der Waals surface area contributed by atoms with E-state index >= 15 is 0 Å². The average Bonchev–Trinajstić information content (AvgIpc) is 3.22. The Bertz CT molecular complexity index is 766. The van der Waals surface area contributed by atoms with Crippen molar-refractivity contribution in [3.05, 3.63) is 46.2 Å². The first-order chi connectivity index (χ1) is 12.5. The number of ketones is 1. The number of aryl methyl sites for hydroxylation is 2. The van der Waals surface area contributed by atoms with Crippen molar-refractivity contribution in [2.45, 2.75) is 52.2 Å². The van der Waals surface area contributed by atoms with Crippen LogP contribution in [0.2, 0.25) is 5.02 Å². The Morgan fingerprint density at radius 2 is 2.27 bits per heavy atom. The van der Waals surface area contributed by atoms with Gasteiger partial charge in [-0.2, -0.15) is 5.10 Å². The standard InChI is InChI=1S/C20H25ClN2O3/c1-14-10-18(7-5-15(2)24)22-23(14)12-16-11-17(21)6-8-20(16)26-13-19-4-3-9-25-19/h6,8,10-11,19H,3-5,7,9,12-13H2,1-2H3. The number of Topliss-reactive ketones (excluding diaryl/α,β-unsaturated/α-hetero) is 1. The monoisotopic (exact) mass is 376 g/mol. The molecule has 1 aromatic carbocycles. The van der Waals surface area contributed by atoms with Crippen LogP contribution >= 0.6 is 11.6 Å². The smallest absolute Gasteiger partial charge is 0.130 e. The number of carbonyl (C=O) groups excluding carboxylic acids is 1. The Balaban J connectivity index is 1.71. The minimum Gasteiger partial charge on any atom is -0.491 e. The topological polar surface area (TPSA) is 53.4 Å². The van der Waals surface area contributed by atoms with E-state index in [9.17, 15) is 4.79 Å². The molecule has 1 aliphatic rings. The second kappa shape index (κ2) is 8.69. The van der Waals surface area contributed by atoms with Crippen LogP contribution in [0.1, 0.15) is 43.1 Å². The molecular weight excluding hydrogens is 352 g/mol. The Labute approximate surface area is 159 Å². The molecule has 1 saturated heterocycles. The number of hydrogen-bond acceptors (Lipinski definition) is 4. The third-order valence-corrected chi connectivity index (χ3v) is 4.79. The van der Waals surface area contributed by atoms with E-state index in [1.165, 1.54) is 0 Å². The van der Waals surface area contributed by atoms with Crippen LogP contribution in [-0.4, -0.2) is 34.9 Å². The Morgan fingerprint density at radius 1 is 1.42 bits per heavy atom. The fourth-order valence-corrected chi connectivity index (χ4v) is 3.29. The highest BCUT2D eigenvalue weighted by molar-refractivity contribution is 6.30. The van der Waals surface area contributed by atoms with E-state index in [-0.39, 0.29) is 11.9 Å². The van der Waals surface area contributed by atoms with E-state index in [0.717, 1.165) is 42.1 Å². The highest BCUT2D eigenvalue weighted by Crippen LogP contribution is 2.25. The number of nitrogens with zero attached hydrogens (tertiary/aromatic N) is 2. The summed E-state index contributed by atoms with van der Waals surface area (Å²) in [5.41, 5.74) is 2.97. The molecule has 140 valence electrons. The molecule has 1 atom stereocenters. The summed E-state index contributed by atoms with van der Waals surface area (Å²) < 4.78 is 13.6. The molecule has 1 unspecified atom stereocenters. The predicted molar refractivity (Wildman–Crippen MR) is 101 cm³/mol. The van der Waals surface area contributed by atoms with Gasteiger partial charge >= 0.3 is 0 Å². The molecule has 6 heteroatoms. The average molecular weight is 377 g/mol. The van der Waals surface area contributed by atoms with Crippen LogP contribution < -0.4 is 4.74 Å². The molecule has 1 aromatic heterocycles. The molecule has 0 bridgehead atoms. The van der Waals surface area contributed by atoms with E-state index in [4.69, 9.17) is 21.1 Å². The number of rotatable bonds is 8. The molecule has 0 radical (unpaired) electrons. The van der Waals surface area contributed by atoms with Gasteiger partial charge in [0.25, 0.3) is 0 Å². The lowest BCUT2D eigenvalue weighted by molar-refractivity contribution is -0.117. The molecular formula is C20H25ClN2O3. The first-order valence-electron chi connectivity index (χ1n) is 9.07. The van der Waals surface area contributed by atoms with Gasteiger partial charge in [-0.05, 0) is 57.4 Å². The second-order valence-electron chi connectivity index (χ2n) is 6.83. The van der Waals surface area contributed by atoms with Crippen molar-refractivity contribution in [1.29, 1.82) is 0 Å². The first kappa shape index (κ1) is 18.9. The molecule has 0 amide bonds. The number of halogens is 1. The maximum Gasteiger partial charge on any atom is 0.130 e. The Hall–Kier alpha value is -1.85. The third kappa shape index (κ3) is 5.08. The molecule has 1 fully saturated rings. The van der Waals surface area contributed by atoms with E-state index in [1.54, 1.807) is 6.92 Å². The van der Waals surface area contributed by atoms with Gasteiger partial charge in [-0.3, -0.25) is 4.68 Å². The van der Waals surface area contributed by atoms with Crippen molar-refractivity contribution >= 4 is 17.4 Å². The van der Waals surface area contributed by atoms with Crippen LogP contribution in [0.25, 0.3) is 0 Å². The molecule has 3 rings (SSSR count). The molecule has 0 spiro atoms. The SMILES string of the molecule is CC(=O)CCc1cc(C)n(Cc2cc(Cl)ccc2OCC2CCCO2)n1. The Morgan fingerprint density at radius 3 is 3.00 bits per heavy atom. The van der Waals surface area contributed by atoms with Crippen LogP contribution in [-0.2, 0) is 22.5 Å². The minimum atomic E-state index is 0.170. The van der Waals surface area contributed by atoms with Crippen LogP contribution in [0.5, 0.6) is 5.75 Å². The molecule has 26 heavy (non-hydrogen) atoms. The number of benzene rings is 1. The zero-order chi connectivity index (χ0) is 18.5. The molecule has 0 N–H and O–H groups in total. The maximum absolute atomic E-state index is 11.2. The highest BCUT2D eigenvalue weighted by atomic mass is 35.5. The second-order valence-corrected chi connectivity index (χ2v) is 7.27. The number of ether oxygens (including phenoxy) is 2. The number of aromatic nitrogens is 2. The quantitative estimate of drug-likeness (QED) is 0.699. The summed E-state index contributed by atoms with van der Waals surface area (Å²) in [6.07, 6.45) is 3.49. The van der Waals surface area contributed by atoms with Gasteiger partial charge in [-0.15, -0.1) is 0 Å². The highest BCUT2D eigenvalue weighted by Gasteiger charge is 2.17. The lowest BCUT2D eigenvalue weighted by atomic mass is 10.2. The van der Waals surface area contributed by atoms with Crippen LogP contribution in [0.3, 0.4) is 0 Å². The number of carbonyl (C=O) groups is 1. The fourth-order valence-electron chi connectivity index (χ4n) is 3.10. The third-order valence-electron chi connectivity index (χ3n) is 4.56. The largest absolute Gasteiger partial charge is 0.491 e. The van der Waals surface area contributed by atoms with Gasteiger partial charge in [-0.1, -0.05) is 11.6 Å². The van der Waals surface area contributed by atoms with Crippen molar-refractivity contribution in [3.63, 3.8) is 0 Å². The van der Waals surface area contributed by atoms with E-state index in [2.05, 4.69) is 5.10 Å². The molecule has 0 aliphatic carbocycles. The van der Waals surface area contributed by atoms with E-state index in [0.29, 0.717) is 31.0 Å².